The van der Waals surface area contributed by atoms with E-state index in [0.717, 1.165) is 12.2 Å². The first-order chi connectivity index (χ1) is 11.3. The smallest absolute Gasteiger partial charge is 0.119 e. The maximum Gasteiger partial charge on any atom is 0.119 e. The summed E-state index contributed by atoms with van der Waals surface area (Å²) in [6.45, 7) is 1.21. The summed E-state index contributed by atoms with van der Waals surface area (Å²) in [5.41, 5.74) is 2.34. The number of ether oxygens (including phenoxy) is 1. The van der Waals surface area contributed by atoms with Gasteiger partial charge in [-0.1, -0.05) is 42.5 Å². The number of hydrogen-bond acceptors (Lipinski definition) is 4. The van der Waals surface area contributed by atoms with E-state index in [0.29, 0.717) is 13.1 Å². The number of hydrogen-bond donors (Lipinski definition) is 2. The molecule has 0 heterocycles. The Morgan fingerprint density at radius 1 is 0.957 bits per heavy atom. The molecule has 4 nitrogen and oxygen atoms in total. The second-order valence-electron chi connectivity index (χ2n) is 5.47. The topological polar surface area (TPSA) is 52.9 Å². The maximum absolute atomic E-state index is 9.36. The molecule has 0 saturated heterocycles. The fourth-order valence-electron chi connectivity index (χ4n) is 2.84. The van der Waals surface area contributed by atoms with Gasteiger partial charge in [-0.3, -0.25) is 4.90 Å². The van der Waals surface area contributed by atoms with Gasteiger partial charge in [-0.25, -0.2) is 0 Å². The van der Waals surface area contributed by atoms with E-state index in [2.05, 4.69) is 23.1 Å². The van der Waals surface area contributed by atoms with Gasteiger partial charge in [0, 0.05) is 19.1 Å². The molecule has 2 aromatic carbocycles. The first-order valence-corrected chi connectivity index (χ1v) is 7.92. The molecule has 0 aromatic heterocycles. The molecule has 4 heteroatoms. The number of aliphatic hydroxyl groups is 2. The lowest BCUT2D eigenvalue weighted by atomic mass is 9.97. The maximum atomic E-state index is 9.36. The normalized spacial score (nSPS) is 12.3. The van der Waals surface area contributed by atoms with Crippen molar-refractivity contribution in [2.45, 2.75) is 12.5 Å². The Balaban J connectivity index is 2.28. The van der Waals surface area contributed by atoms with Crippen LogP contribution in [0.3, 0.4) is 0 Å². The molecule has 1 atom stereocenters. The van der Waals surface area contributed by atoms with E-state index in [1.807, 2.05) is 36.4 Å². The van der Waals surface area contributed by atoms with Crippen molar-refractivity contribution in [3.63, 3.8) is 0 Å². The van der Waals surface area contributed by atoms with Gasteiger partial charge in [0.25, 0.3) is 0 Å². The molecule has 0 aliphatic heterocycles. The summed E-state index contributed by atoms with van der Waals surface area (Å²) >= 11 is 0. The number of methoxy groups -OCH3 is 1. The second-order valence-corrected chi connectivity index (χ2v) is 5.47. The predicted molar refractivity (Wildman–Crippen MR) is 91.6 cm³/mol. The Morgan fingerprint density at radius 3 is 2.26 bits per heavy atom. The summed E-state index contributed by atoms with van der Waals surface area (Å²) in [5, 5.41) is 18.7. The molecule has 0 aliphatic rings. The SMILES string of the molecule is COc1cccc(C[C@H](c2ccccc2)N(CCO)CCO)c1. The Kier molecular flexibility index (Phi) is 7.07. The van der Waals surface area contributed by atoms with Gasteiger partial charge < -0.3 is 14.9 Å². The van der Waals surface area contributed by atoms with Crippen molar-refractivity contribution in [2.24, 2.45) is 0 Å². The Bertz CT molecular complexity index is 568. The fourth-order valence-corrected chi connectivity index (χ4v) is 2.84. The fraction of sp³-hybridized carbons (Fsp3) is 0.368. The molecule has 0 saturated carbocycles. The molecular weight excluding hydrogens is 290 g/mol. The zero-order valence-electron chi connectivity index (χ0n) is 13.6. The first kappa shape index (κ1) is 17.5. The van der Waals surface area contributed by atoms with Crippen LogP contribution in [0.4, 0.5) is 0 Å². The molecule has 0 aliphatic carbocycles. The largest absolute Gasteiger partial charge is 0.497 e. The van der Waals surface area contributed by atoms with Crippen LogP contribution in [-0.4, -0.2) is 48.5 Å². The highest BCUT2D eigenvalue weighted by molar-refractivity contribution is 5.30. The minimum atomic E-state index is 0.0709. The molecule has 0 radical (unpaired) electrons. The molecule has 2 rings (SSSR count). The van der Waals surface area contributed by atoms with Crippen molar-refractivity contribution in [1.29, 1.82) is 0 Å². The van der Waals surface area contributed by atoms with Crippen LogP contribution in [0.25, 0.3) is 0 Å². The van der Waals surface area contributed by atoms with E-state index in [1.165, 1.54) is 11.1 Å². The quantitative estimate of drug-likeness (QED) is 0.745. The molecular formula is C19H25NO3. The Hall–Kier alpha value is -1.88. The minimum Gasteiger partial charge on any atom is -0.497 e. The van der Waals surface area contributed by atoms with Crippen LogP contribution in [0.5, 0.6) is 5.75 Å². The van der Waals surface area contributed by atoms with Crippen LogP contribution in [0, 0.1) is 0 Å². The summed E-state index contributed by atoms with van der Waals surface area (Å²) in [5.74, 6) is 0.838. The molecule has 0 amide bonds. The summed E-state index contributed by atoms with van der Waals surface area (Å²) < 4.78 is 5.30. The highest BCUT2D eigenvalue weighted by Gasteiger charge is 2.20. The van der Waals surface area contributed by atoms with Gasteiger partial charge in [-0.15, -0.1) is 0 Å². The predicted octanol–water partition coefficient (Wildman–Crippen LogP) is 2.27. The third-order valence-corrected chi connectivity index (χ3v) is 3.96. The lowest BCUT2D eigenvalue weighted by Gasteiger charge is -2.31. The molecule has 0 bridgehead atoms. The zero-order valence-corrected chi connectivity index (χ0v) is 13.6. The molecule has 0 fully saturated rings. The van der Waals surface area contributed by atoms with Crippen LogP contribution < -0.4 is 4.74 Å². The van der Waals surface area contributed by atoms with Gasteiger partial charge >= 0.3 is 0 Å². The van der Waals surface area contributed by atoms with Crippen molar-refractivity contribution < 1.29 is 14.9 Å². The second kappa shape index (κ2) is 9.30. The molecule has 23 heavy (non-hydrogen) atoms. The summed E-state index contributed by atoms with van der Waals surface area (Å²) in [7, 11) is 1.66. The zero-order chi connectivity index (χ0) is 16.5. The summed E-state index contributed by atoms with van der Waals surface area (Å²) in [6, 6.07) is 18.3. The van der Waals surface area contributed by atoms with Gasteiger partial charge in [0.2, 0.25) is 0 Å². The highest BCUT2D eigenvalue weighted by atomic mass is 16.5. The van der Waals surface area contributed by atoms with Crippen LogP contribution in [0.2, 0.25) is 0 Å². The van der Waals surface area contributed by atoms with Gasteiger partial charge in [0.1, 0.15) is 5.75 Å². The monoisotopic (exact) mass is 315 g/mol. The number of benzene rings is 2. The van der Waals surface area contributed by atoms with Gasteiger partial charge in [0.15, 0.2) is 0 Å². The van der Waals surface area contributed by atoms with Crippen molar-refractivity contribution in [3.05, 3.63) is 65.7 Å². The van der Waals surface area contributed by atoms with Gasteiger partial charge in [0.05, 0.1) is 20.3 Å². The number of aliphatic hydroxyl groups excluding tert-OH is 2. The minimum absolute atomic E-state index is 0.0709. The molecule has 124 valence electrons. The number of rotatable bonds is 9. The molecule has 0 unspecified atom stereocenters. The third-order valence-electron chi connectivity index (χ3n) is 3.96. The van der Waals surface area contributed by atoms with E-state index >= 15 is 0 Å². The summed E-state index contributed by atoms with van der Waals surface area (Å²) in [4.78, 5) is 2.12. The standard InChI is InChI=1S/C19H25NO3/c1-23-18-9-5-6-16(14-18)15-19(17-7-3-2-4-8-17)20(10-12-21)11-13-22/h2-9,14,19,21-22H,10-13,15H2,1H3/t19-/m1/s1. The van der Waals surface area contributed by atoms with E-state index in [9.17, 15) is 10.2 Å². The molecule has 0 spiro atoms. The summed E-state index contributed by atoms with van der Waals surface area (Å²) in [6.07, 6.45) is 0.793. The lowest BCUT2D eigenvalue weighted by molar-refractivity contribution is 0.121. The number of nitrogens with zero attached hydrogens (tertiary/aromatic N) is 1. The first-order valence-electron chi connectivity index (χ1n) is 7.92. The van der Waals surface area contributed by atoms with Crippen LogP contribution in [0.1, 0.15) is 17.2 Å². The van der Waals surface area contributed by atoms with Crippen LogP contribution in [0.15, 0.2) is 54.6 Å². The van der Waals surface area contributed by atoms with Crippen molar-refractivity contribution in [1.82, 2.24) is 4.90 Å². The molecule has 2 N–H and O–H groups in total. The van der Waals surface area contributed by atoms with Gasteiger partial charge in [-0.05, 0) is 29.7 Å². The van der Waals surface area contributed by atoms with Crippen LogP contribution in [-0.2, 0) is 6.42 Å². The Morgan fingerprint density at radius 2 is 1.65 bits per heavy atom. The van der Waals surface area contributed by atoms with E-state index < -0.39 is 0 Å². The Labute approximate surface area is 138 Å². The van der Waals surface area contributed by atoms with Crippen molar-refractivity contribution in [3.8, 4) is 5.75 Å². The lowest BCUT2D eigenvalue weighted by Crippen LogP contribution is -2.35. The third kappa shape index (κ3) is 5.06. The van der Waals surface area contributed by atoms with Crippen molar-refractivity contribution >= 4 is 0 Å². The van der Waals surface area contributed by atoms with E-state index in [-0.39, 0.29) is 19.3 Å². The van der Waals surface area contributed by atoms with Crippen molar-refractivity contribution in [2.75, 3.05) is 33.4 Å². The van der Waals surface area contributed by atoms with E-state index in [4.69, 9.17) is 4.74 Å². The molecule has 2 aromatic rings. The van der Waals surface area contributed by atoms with Crippen LogP contribution >= 0.6 is 0 Å². The van der Waals surface area contributed by atoms with Gasteiger partial charge in [-0.2, -0.15) is 0 Å². The highest BCUT2D eigenvalue weighted by Crippen LogP contribution is 2.26. The average Bonchev–Trinajstić information content (AvgIpc) is 2.60. The average molecular weight is 315 g/mol. The van der Waals surface area contributed by atoms with E-state index in [1.54, 1.807) is 7.11 Å².